The lowest BCUT2D eigenvalue weighted by Gasteiger charge is -2.10. The fourth-order valence-electron chi connectivity index (χ4n) is 2.71. The van der Waals surface area contributed by atoms with E-state index in [0.29, 0.717) is 10.6 Å². The Balaban J connectivity index is 1.61. The fourth-order valence-corrected chi connectivity index (χ4v) is 2.92. The Bertz CT molecular complexity index is 1030. The first-order valence-corrected chi connectivity index (χ1v) is 9.29. The maximum atomic E-state index is 12.7. The quantitative estimate of drug-likeness (QED) is 0.474. The molecular formula is C23H18ClNO4. The standard InChI is InChI=1S/C23H18ClNO4/c24-18-10-6-7-16(13-18)14-25-21(26)15-29-23(28)20-12-5-4-11-19(20)22(27)17-8-2-1-3-9-17/h1-13H,14-15H2,(H,25,26). The van der Waals surface area contributed by atoms with Crippen LogP contribution in [0.1, 0.15) is 31.8 Å². The number of hydrogen-bond donors (Lipinski definition) is 1. The summed E-state index contributed by atoms with van der Waals surface area (Å²) in [6.07, 6.45) is 0. The Labute approximate surface area is 173 Å². The predicted octanol–water partition coefficient (Wildman–Crippen LogP) is 4.04. The van der Waals surface area contributed by atoms with Crippen molar-refractivity contribution in [1.82, 2.24) is 5.32 Å². The van der Waals surface area contributed by atoms with Crippen molar-refractivity contribution in [2.75, 3.05) is 6.61 Å². The molecule has 0 bridgehead atoms. The predicted molar refractivity (Wildman–Crippen MR) is 110 cm³/mol. The number of ketones is 1. The zero-order valence-electron chi connectivity index (χ0n) is 15.4. The molecule has 0 spiro atoms. The summed E-state index contributed by atoms with van der Waals surface area (Å²) < 4.78 is 5.10. The van der Waals surface area contributed by atoms with E-state index in [2.05, 4.69) is 5.32 Å². The maximum absolute atomic E-state index is 12.7. The summed E-state index contributed by atoms with van der Waals surface area (Å²) in [5.41, 5.74) is 1.63. The molecule has 0 unspecified atom stereocenters. The van der Waals surface area contributed by atoms with Gasteiger partial charge in [0.1, 0.15) is 0 Å². The SMILES string of the molecule is O=C(COC(=O)c1ccccc1C(=O)c1ccccc1)NCc1cccc(Cl)c1. The molecule has 0 radical (unpaired) electrons. The first kappa shape index (κ1) is 20.3. The lowest BCUT2D eigenvalue weighted by molar-refractivity contribution is -0.124. The highest BCUT2D eigenvalue weighted by Gasteiger charge is 2.19. The normalized spacial score (nSPS) is 10.2. The molecule has 3 rings (SSSR count). The van der Waals surface area contributed by atoms with Gasteiger partial charge in [-0.25, -0.2) is 4.79 Å². The third kappa shape index (κ3) is 5.53. The number of esters is 1. The minimum Gasteiger partial charge on any atom is -0.452 e. The van der Waals surface area contributed by atoms with Crippen LogP contribution in [0.4, 0.5) is 0 Å². The largest absolute Gasteiger partial charge is 0.452 e. The average molecular weight is 408 g/mol. The Hall–Kier alpha value is -3.44. The Morgan fingerprint density at radius 3 is 2.24 bits per heavy atom. The molecule has 1 N–H and O–H groups in total. The van der Waals surface area contributed by atoms with Gasteiger partial charge in [-0.05, 0) is 23.8 Å². The van der Waals surface area contributed by atoms with Crippen molar-refractivity contribution in [3.63, 3.8) is 0 Å². The van der Waals surface area contributed by atoms with Crippen LogP contribution in [0, 0.1) is 0 Å². The number of carbonyl (C=O) groups excluding carboxylic acids is 3. The van der Waals surface area contributed by atoms with Crippen molar-refractivity contribution >= 4 is 29.3 Å². The van der Waals surface area contributed by atoms with Crippen LogP contribution in [-0.2, 0) is 16.1 Å². The van der Waals surface area contributed by atoms with Crippen molar-refractivity contribution in [2.24, 2.45) is 0 Å². The minimum absolute atomic E-state index is 0.115. The summed E-state index contributed by atoms with van der Waals surface area (Å²) in [6.45, 7) is -0.187. The van der Waals surface area contributed by atoms with Crippen LogP contribution in [0.3, 0.4) is 0 Å². The summed E-state index contributed by atoms with van der Waals surface area (Å²) in [4.78, 5) is 37.1. The van der Waals surface area contributed by atoms with Gasteiger partial charge in [0.15, 0.2) is 12.4 Å². The van der Waals surface area contributed by atoms with Gasteiger partial charge < -0.3 is 10.1 Å². The summed E-state index contributed by atoms with van der Waals surface area (Å²) in [5.74, 6) is -1.48. The van der Waals surface area contributed by atoms with Gasteiger partial charge in [0, 0.05) is 22.7 Å². The van der Waals surface area contributed by atoms with Gasteiger partial charge in [0.25, 0.3) is 5.91 Å². The zero-order chi connectivity index (χ0) is 20.6. The first-order chi connectivity index (χ1) is 14.0. The lowest BCUT2D eigenvalue weighted by atomic mass is 9.98. The molecule has 0 aliphatic rings. The molecule has 29 heavy (non-hydrogen) atoms. The second-order valence-corrected chi connectivity index (χ2v) is 6.66. The van der Waals surface area contributed by atoms with Crippen molar-refractivity contribution in [3.8, 4) is 0 Å². The highest BCUT2D eigenvalue weighted by atomic mass is 35.5. The topological polar surface area (TPSA) is 72.5 Å². The third-order valence-electron chi connectivity index (χ3n) is 4.14. The third-order valence-corrected chi connectivity index (χ3v) is 4.38. The van der Waals surface area contributed by atoms with Crippen LogP contribution in [-0.4, -0.2) is 24.3 Å². The Morgan fingerprint density at radius 1 is 0.828 bits per heavy atom. The molecule has 1 amide bonds. The average Bonchev–Trinajstić information content (AvgIpc) is 2.76. The van der Waals surface area contributed by atoms with E-state index in [4.69, 9.17) is 16.3 Å². The fraction of sp³-hybridized carbons (Fsp3) is 0.0870. The van der Waals surface area contributed by atoms with Crippen molar-refractivity contribution < 1.29 is 19.1 Å². The molecule has 146 valence electrons. The van der Waals surface area contributed by atoms with Crippen LogP contribution in [0.2, 0.25) is 5.02 Å². The second kappa shape index (κ2) is 9.66. The molecule has 0 fully saturated rings. The molecule has 0 aliphatic carbocycles. The van der Waals surface area contributed by atoms with Gasteiger partial charge >= 0.3 is 5.97 Å². The highest BCUT2D eigenvalue weighted by molar-refractivity contribution is 6.30. The van der Waals surface area contributed by atoms with Gasteiger partial charge in [0.2, 0.25) is 0 Å². The molecule has 0 atom stereocenters. The van der Waals surface area contributed by atoms with Gasteiger partial charge in [-0.2, -0.15) is 0 Å². The molecule has 0 aromatic heterocycles. The van der Waals surface area contributed by atoms with Gasteiger partial charge in [0.05, 0.1) is 5.56 Å². The minimum atomic E-state index is -0.734. The van der Waals surface area contributed by atoms with Crippen LogP contribution in [0.5, 0.6) is 0 Å². The van der Waals surface area contributed by atoms with Gasteiger partial charge in [-0.3, -0.25) is 9.59 Å². The molecular weight excluding hydrogens is 390 g/mol. The summed E-state index contributed by atoms with van der Waals surface area (Å²) in [6, 6.07) is 22.1. The van der Waals surface area contributed by atoms with E-state index in [1.54, 1.807) is 66.7 Å². The second-order valence-electron chi connectivity index (χ2n) is 6.22. The smallest absolute Gasteiger partial charge is 0.339 e. The number of amides is 1. The van der Waals surface area contributed by atoms with Gasteiger partial charge in [-0.1, -0.05) is 72.3 Å². The van der Waals surface area contributed by atoms with E-state index in [1.165, 1.54) is 6.07 Å². The van der Waals surface area contributed by atoms with Crippen LogP contribution in [0.25, 0.3) is 0 Å². The van der Waals surface area contributed by atoms with E-state index in [1.807, 2.05) is 6.07 Å². The molecule has 3 aromatic rings. The number of rotatable bonds is 7. The van der Waals surface area contributed by atoms with Crippen LogP contribution >= 0.6 is 11.6 Å². The number of ether oxygens (including phenoxy) is 1. The first-order valence-electron chi connectivity index (χ1n) is 8.91. The highest BCUT2D eigenvalue weighted by Crippen LogP contribution is 2.16. The summed E-state index contributed by atoms with van der Waals surface area (Å²) >= 11 is 5.91. The maximum Gasteiger partial charge on any atom is 0.339 e. The Kier molecular flexibility index (Phi) is 6.76. The molecule has 6 heteroatoms. The van der Waals surface area contributed by atoms with Crippen molar-refractivity contribution in [2.45, 2.75) is 6.54 Å². The molecule has 0 aliphatic heterocycles. The number of halogens is 1. The van der Waals surface area contributed by atoms with Crippen LogP contribution in [0.15, 0.2) is 78.9 Å². The summed E-state index contributed by atoms with van der Waals surface area (Å²) in [7, 11) is 0. The van der Waals surface area contributed by atoms with Gasteiger partial charge in [-0.15, -0.1) is 0 Å². The number of carbonyl (C=O) groups is 3. The van der Waals surface area contributed by atoms with Crippen LogP contribution < -0.4 is 5.32 Å². The van der Waals surface area contributed by atoms with Crippen molar-refractivity contribution in [1.29, 1.82) is 0 Å². The lowest BCUT2D eigenvalue weighted by Crippen LogP contribution is -2.28. The van der Waals surface area contributed by atoms with Crippen molar-refractivity contribution in [3.05, 3.63) is 106 Å². The van der Waals surface area contributed by atoms with E-state index in [0.717, 1.165) is 5.56 Å². The van der Waals surface area contributed by atoms with E-state index >= 15 is 0 Å². The number of hydrogen-bond acceptors (Lipinski definition) is 4. The van der Waals surface area contributed by atoms with E-state index in [-0.39, 0.29) is 23.5 Å². The zero-order valence-corrected chi connectivity index (χ0v) is 16.2. The Morgan fingerprint density at radius 2 is 1.52 bits per heavy atom. The summed E-state index contributed by atoms with van der Waals surface area (Å²) in [5, 5.41) is 3.23. The number of nitrogens with one attached hydrogen (secondary N) is 1. The molecule has 5 nitrogen and oxygen atoms in total. The molecule has 3 aromatic carbocycles. The molecule has 0 saturated heterocycles. The molecule has 0 saturated carbocycles. The van der Waals surface area contributed by atoms with E-state index < -0.39 is 18.5 Å². The monoisotopic (exact) mass is 407 g/mol. The molecule has 0 heterocycles. The number of benzene rings is 3. The van der Waals surface area contributed by atoms with E-state index in [9.17, 15) is 14.4 Å².